The summed E-state index contributed by atoms with van der Waals surface area (Å²) in [5, 5.41) is 0. The molecule has 0 radical (unpaired) electrons. The van der Waals surface area contributed by atoms with E-state index in [0.29, 0.717) is 24.4 Å². The zero-order valence-electron chi connectivity index (χ0n) is 9.50. The van der Waals surface area contributed by atoms with Crippen molar-refractivity contribution in [2.75, 3.05) is 18.9 Å². The second-order valence-corrected chi connectivity index (χ2v) is 4.89. The lowest BCUT2D eigenvalue weighted by atomic mass is 9.75. The Morgan fingerprint density at radius 2 is 1.94 bits per heavy atom. The number of hydrogen-bond acceptors (Lipinski definition) is 3. The minimum Gasteiger partial charge on any atom is -0.407 e. The Morgan fingerprint density at radius 1 is 1.31 bits per heavy atom. The van der Waals surface area contributed by atoms with Crippen LogP contribution in [0.2, 0.25) is 0 Å². The SMILES string of the molecule is CC1(C)COB(c2cc(F)ccc2N)OC1. The molecule has 1 aromatic rings. The minimum atomic E-state index is -0.552. The molecule has 2 rings (SSSR count). The second-order valence-electron chi connectivity index (χ2n) is 4.89. The van der Waals surface area contributed by atoms with Crippen molar-refractivity contribution in [3.05, 3.63) is 24.0 Å². The molecule has 1 aliphatic heterocycles. The zero-order valence-corrected chi connectivity index (χ0v) is 9.50. The van der Waals surface area contributed by atoms with E-state index in [4.69, 9.17) is 15.0 Å². The molecule has 86 valence electrons. The Bertz CT molecular complexity index is 388. The maximum atomic E-state index is 13.1. The fraction of sp³-hybridized carbons (Fsp3) is 0.455. The molecule has 0 saturated carbocycles. The molecule has 1 aromatic carbocycles. The van der Waals surface area contributed by atoms with Crippen molar-refractivity contribution in [3.63, 3.8) is 0 Å². The number of hydrogen-bond donors (Lipinski definition) is 1. The van der Waals surface area contributed by atoms with Crippen molar-refractivity contribution in [2.45, 2.75) is 13.8 Å². The number of nitrogens with two attached hydrogens (primary N) is 1. The summed E-state index contributed by atoms with van der Waals surface area (Å²) in [6.45, 7) is 5.26. The summed E-state index contributed by atoms with van der Waals surface area (Å²) in [5.41, 5.74) is 6.82. The molecule has 1 aliphatic rings. The number of halogens is 1. The molecule has 0 unspecified atom stereocenters. The van der Waals surface area contributed by atoms with E-state index in [1.807, 2.05) is 0 Å². The van der Waals surface area contributed by atoms with Crippen LogP contribution in [0.25, 0.3) is 0 Å². The summed E-state index contributed by atoms with van der Waals surface area (Å²) in [6.07, 6.45) is 0. The Balaban J connectivity index is 2.17. The van der Waals surface area contributed by atoms with Crippen LogP contribution in [0.5, 0.6) is 0 Å². The number of benzene rings is 1. The van der Waals surface area contributed by atoms with Gasteiger partial charge in [0.15, 0.2) is 0 Å². The highest BCUT2D eigenvalue weighted by molar-refractivity contribution is 6.63. The maximum absolute atomic E-state index is 13.1. The van der Waals surface area contributed by atoms with Crippen LogP contribution in [0.3, 0.4) is 0 Å². The Labute approximate surface area is 94.9 Å². The Morgan fingerprint density at radius 3 is 2.56 bits per heavy atom. The summed E-state index contributed by atoms with van der Waals surface area (Å²) < 4.78 is 24.2. The van der Waals surface area contributed by atoms with E-state index in [9.17, 15) is 4.39 Å². The average molecular weight is 223 g/mol. The van der Waals surface area contributed by atoms with Gasteiger partial charge in [-0.3, -0.25) is 0 Å². The van der Waals surface area contributed by atoms with E-state index in [1.54, 1.807) is 0 Å². The highest BCUT2D eigenvalue weighted by atomic mass is 19.1. The van der Waals surface area contributed by atoms with Crippen LogP contribution < -0.4 is 11.2 Å². The van der Waals surface area contributed by atoms with Gasteiger partial charge in [0.1, 0.15) is 5.82 Å². The fourth-order valence-corrected chi connectivity index (χ4v) is 1.62. The third-order valence-corrected chi connectivity index (χ3v) is 2.55. The van der Waals surface area contributed by atoms with Gasteiger partial charge < -0.3 is 15.0 Å². The summed E-state index contributed by atoms with van der Waals surface area (Å²) in [4.78, 5) is 0. The van der Waals surface area contributed by atoms with Crippen LogP contribution >= 0.6 is 0 Å². The standard InChI is InChI=1S/C11H15BFNO2/c1-11(2)6-15-12(16-7-11)9-5-8(13)3-4-10(9)14/h3-5H,6-7,14H2,1-2H3. The van der Waals surface area contributed by atoms with E-state index in [2.05, 4.69) is 13.8 Å². The molecule has 0 aromatic heterocycles. The van der Waals surface area contributed by atoms with Gasteiger partial charge in [-0.2, -0.15) is 0 Å². The van der Waals surface area contributed by atoms with Crippen LogP contribution in [0, 0.1) is 11.2 Å². The van der Waals surface area contributed by atoms with Crippen molar-refractivity contribution in [1.82, 2.24) is 0 Å². The van der Waals surface area contributed by atoms with Gasteiger partial charge in [-0.25, -0.2) is 4.39 Å². The van der Waals surface area contributed by atoms with Gasteiger partial charge in [-0.15, -0.1) is 0 Å². The zero-order chi connectivity index (χ0) is 11.8. The lowest BCUT2D eigenvalue weighted by molar-refractivity contribution is 0.0343. The van der Waals surface area contributed by atoms with Gasteiger partial charge in [0.05, 0.1) is 0 Å². The number of rotatable bonds is 1. The largest absolute Gasteiger partial charge is 0.496 e. The normalized spacial score (nSPS) is 19.8. The van der Waals surface area contributed by atoms with Gasteiger partial charge in [-0.05, 0) is 18.2 Å². The van der Waals surface area contributed by atoms with Crippen LogP contribution in [-0.4, -0.2) is 20.3 Å². The highest BCUT2D eigenvalue weighted by Gasteiger charge is 2.34. The molecule has 0 aliphatic carbocycles. The first-order valence-corrected chi connectivity index (χ1v) is 5.26. The molecule has 5 heteroatoms. The minimum absolute atomic E-state index is 0.00140. The third kappa shape index (κ3) is 2.36. The van der Waals surface area contributed by atoms with Crippen LogP contribution in [0.15, 0.2) is 18.2 Å². The van der Waals surface area contributed by atoms with Crippen molar-refractivity contribution >= 4 is 18.3 Å². The molecule has 0 bridgehead atoms. The molecule has 16 heavy (non-hydrogen) atoms. The van der Waals surface area contributed by atoms with Crippen LogP contribution in [0.1, 0.15) is 13.8 Å². The topological polar surface area (TPSA) is 44.5 Å². The molecular weight excluding hydrogens is 208 g/mol. The first kappa shape index (κ1) is 11.4. The predicted molar refractivity (Wildman–Crippen MR) is 61.9 cm³/mol. The molecular formula is C11H15BFNO2. The van der Waals surface area contributed by atoms with Gasteiger partial charge >= 0.3 is 7.12 Å². The maximum Gasteiger partial charge on any atom is 0.496 e. The van der Waals surface area contributed by atoms with Crippen molar-refractivity contribution in [2.24, 2.45) is 5.41 Å². The molecule has 0 amide bonds. The molecule has 1 saturated heterocycles. The molecule has 0 spiro atoms. The number of anilines is 1. The van der Waals surface area contributed by atoms with E-state index in [0.717, 1.165) is 0 Å². The summed E-state index contributed by atoms with van der Waals surface area (Å²) in [5.74, 6) is -0.332. The van der Waals surface area contributed by atoms with Gasteiger partial charge in [0, 0.05) is 29.8 Å². The van der Waals surface area contributed by atoms with E-state index in [1.165, 1.54) is 18.2 Å². The lowest BCUT2D eigenvalue weighted by Crippen LogP contribution is -2.48. The average Bonchev–Trinajstić information content (AvgIpc) is 2.22. The third-order valence-electron chi connectivity index (χ3n) is 2.55. The monoisotopic (exact) mass is 223 g/mol. The quantitative estimate of drug-likeness (QED) is 0.574. The number of nitrogen functional groups attached to an aromatic ring is 1. The highest BCUT2D eigenvalue weighted by Crippen LogP contribution is 2.22. The Hall–Kier alpha value is -1.07. The summed E-state index contributed by atoms with van der Waals surface area (Å²) in [6, 6.07) is 4.21. The summed E-state index contributed by atoms with van der Waals surface area (Å²) in [7, 11) is -0.552. The van der Waals surface area contributed by atoms with E-state index < -0.39 is 7.12 Å². The molecule has 3 nitrogen and oxygen atoms in total. The molecule has 0 atom stereocenters. The lowest BCUT2D eigenvalue weighted by Gasteiger charge is -2.33. The Kier molecular flexibility index (Phi) is 2.91. The van der Waals surface area contributed by atoms with E-state index >= 15 is 0 Å². The van der Waals surface area contributed by atoms with Crippen LogP contribution in [-0.2, 0) is 9.31 Å². The molecule has 1 fully saturated rings. The van der Waals surface area contributed by atoms with Crippen molar-refractivity contribution < 1.29 is 13.7 Å². The fourth-order valence-electron chi connectivity index (χ4n) is 1.62. The van der Waals surface area contributed by atoms with Gasteiger partial charge in [0.2, 0.25) is 0 Å². The molecule has 1 heterocycles. The van der Waals surface area contributed by atoms with E-state index in [-0.39, 0.29) is 11.2 Å². The molecule has 2 N–H and O–H groups in total. The first-order valence-electron chi connectivity index (χ1n) is 5.26. The van der Waals surface area contributed by atoms with Crippen molar-refractivity contribution in [1.29, 1.82) is 0 Å². The first-order chi connectivity index (χ1) is 7.48. The smallest absolute Gasteiger partial charge is 0.407 e. The second kappa shape index (κ2) is 4.07. The summed E-state index contributed by atoms with van der Waals surface area (Å²) >= 11 is 0. The van der Waals surface area contributed by atoms with Gasteiger partial charge in [-0.1, -0.05) is 13.8 Å². The van der Waals surface area contributed by atoms with Crippen molar-refractivity contribution in [3.8, 4) is 0 Å². The van der Waals surface area contributed by atoms with Crippen LogP contribution in [0.4, 0.5) is 10.1 Å². The predicted octanol–water partition coefficient (Wildman–Crippen LogP) is 1.18. The van der Waals surface area contributed by atoms with Gasteiger partial charge in [0.25, 0.3) is 0 Å².